The van der Waals surface area contributed by atoms with Gasteiger partial charge in [0.05, 0.1) is 27.7 Å². The molecule has 9 aromatic carbocycles. The lowest BCUT2D eigenvalue weighted by Gasteiger charge is -2.50. The van der Waals surface area contributed by atoms with E-state index in [1.807, 2.05) is 0 Å². The molecule has 5 heterocycles. The lowest BCUT2D eigenvalue weighted by atomic mass is 9.33. The van der Waals surface area contributed by atoms with Crippen molar-refractivity contribution in [3.8, 4) is 11.1 Å². The first-order chi connectivity index (χ1) is 33.9. The summed E-state index contributed by atoms with van der Waals surface area (Å²) in [6, 6.07) is 69.6. The van der Waals surface area contributed by atoms with Gasteiger partial charge in [0, 0.05) is 50.3 Å². The highest BCUT2D eigenvalue weighted by molar-refractivity contribution is 7.00. The van der Waals surface area contributed by atoms with Crippen molar-refractivity contribution in [2.45, 2.75) is 57.4 Å². The average Bonchev–Trinajstić information content (AvgIpc) is 4.03. The summed E-state index contributed by atoms with van der Waals surface area (Å²) >= 11 is 0. The maximum atomic E-state index is 6.67. The van der Waals surface area contributed by atoms with Crippen LogP contribution in [0.1, 0.15) is 50.7 Å². The molecule has 3 aliphatic heterocycles. The van der Waals surface area contributed by atoms with E-state index in [-0.39, 0.29) is 17.7 Å². The third-order valence-corrected chi connectivity index (χ3v) is 16.8. The molecule has 4 aliphatic rings. The van der Waals surface area contributed by atoms with Crippen LogP contribution >= 0.6 is 0 Å². The highest BCUT2D eigenvalue weighted by Gasteiger charge is 2.58. The number of aryl methyl sites for hydroxylation is 1. The van der Waals surface area contributed by atoms with Crippen LogP contribution < -0.4 is 31.1 Å². The molecule has 0 N–H and O–H groups in total. The van der Waals surface area contributed by atoms with Crippen molar-refractivity contribution in [2.75, 3.05) is 14.7 Å². The molecule has 6 heteroatoms. The van der Waals surface area contributed by atoms with Crippen molar-refractivity contribution in [1.29, 1.82) is 0 Å². The molecular weight excluding hydrogens is 842 g/mol. The number of benzene rings is 9. The number of hydrogen-bond acceptors (Lipinski definition) is 5. The smallest absolute Gasteiger partial charge is 0.252 e. The Balaban J connectivity index is 1.05. The maximum absolute atomic E-state index is 6.67. The van der Waals surface area contributed by atoms with Crippen molar-refractivity contribution in [3.63, 3.8) is 0 Å². The van der Waals surface area contributed by atoms with Crippen molar-refractivity contribution in [2.24, 2.45) is 0 Å². The summed E-state index contributed by atoms with van der Waals surface area (Å²) in [7, 11) is 0. The number of hydrogen-bond donors (Lipinski definition) is 0. The van der Waals surface area contributed by atoms with Gasteiger partial charge < -0.3 is 23.5 Å². The zero-order valence-corrected chi connectivity index (χ0v) is 39.0. The molecule has 0 radical (unpaired) electrons. The molecule has 330 valence electrons. The van der Waals surface area contributed by atoms with Gasteiger partial charge in [-0.25, -0.2) is 0 Å². The van der Waals surface area contributed by atoms with E-state index in [2.05, 4.69) is 224 Å². The van der Waals surface area contributed by atoms with E-state index in [0.717, 1.165) is 61.7 Å². The predicted octanol–water partition coefficient (Wildman–Crippen LogP) is 15.3. The second-order valence-electron chi connectivity index (χ2n) is 20.4. The number of fused-ring (bicyclic) bond motifs is 13. The Morgan fingerprint density at radius 2 is 1.00 bits per heavy atom. The molecule has 5 nitrogen and oxygen atoms in total. The second-order valence-corrected chi connectivity index (χ2v) is 20.4. The van der Waals surface area contributed by atoms with Crippen molar-refractivity contribution in [1.82, 2.24) is 0 Å². The molecule has 2 atom stereocenters. The standard InChI is InChI=1S/C63H48BN3O2/c1-39-35-53-61-54(36-39)66(50-24-16-28-58-60(50)44-20-8-12-26-56(44)69-58)52-38-42(67-48-22-10-9-21-45(48)62(2)33-13-14-34-63(62,67)3)30-32-47(52)64(61)46-31-29-41(40-17-5-4-6-18-40)37-51(46)65(53)49-23-15-27-57-59(49)43-19-7-11-25-55(43)68-57/h4-12,15-32,35-38H,13-14,33-34H2,1-3H3. The fourth-order valence-electron chi connectivity index (χ4n) is 13.6. The highest BCUT2D eigenvalue weighted by Crippen LogP contribution is 2.61. The quantitative estimate of drug-likeness (QED) is 0.165. The summed E-state index contributed by atoms with van der Waals surface area (Å²) in [4.78, 5) is 7.86. The molecule has 15 rings (SSSR count). The van der Waals surface area contributed by atoms with Gasteiger partial charge in [-0.2, -0.15) is 0 Å². The summed E-state index contributed by atoms with van der Waals surface area (Å²) in [6.07, 6.45) is 4.80. The minimum atomic E-state index is -0.0881. The average molecular weight is 890 g/mol. The predicted molar refractivity (Wildman–Crippen MR) is 288 cm³/mol. The molecule has 0 amide bonds. The molecule has 2 unspecified atom stereocenters. The van der Waals surface area contributed by atoms with Gasteiger partial charge in [0.25, 0.3) is 6.71 Å². The Morgan fingerprint density at radius 3 is 1.68 bits per heavy atom. The van der Waals surface area contributed by atoms with Crippen LogP contribution in [0, 0.1) is 6.92 Å². The van der Waals surface area contributed by atoms with Crippen LogP contribution in [0.25, 0.3) is 55.0 Å². The van der Waals surface area contributed by atoms with E-state index in [0.29, 0.717) is 0 Å². The van der Waals surface area contributed by atoms with Gasteiger partial charge in [0.1, 0.15) is 22.3 Å². The highest BCUT2D eigenvalue weighted by atomic mass is 16.3. The van der Waals surface area contributed by atoms with Gasteiger partial charge in [0.2, 0.25) is 0 Å². The second kappa shape index (κ2) is 14.1. The van der Waals surface area contributed by atoms with E-state index in [1.54, 1.807) is 0 Å². The molecule has 0 bridgehead atoms. The normalized spacial score (nSPS) is 19.0. The van der Waals surface area contributed by atoms with E-state index in [9.17, 15) is 0 Å². The van der Waals surface area contributed by atoms with Crippen LogP contribution in [0.3, 0.4) is 0 Å². The summed E-state index contributed by atoms with van der Waals surface area (Å²) in [5.74, 6) is 0. The number of rotatable bonds is 4. The van der Waals surface area contributed by atoms with Gasteiger partial charge in [-0.1, -0.05) is 135 Å². The van der Waals surface area contributed by atoms with E-state index in [1.165, 1.54) is 92.0 Å². The zero-order valence-electron chi connectivity index (χ0n) is 39.0. The Kier molecular flexibility index (Phi) is 7.96. The fourth-order valence-corrected chi connectivity index (χ4v) is 13.6. The van der Waals surface area contributed by atoms with Gasteiger partial charge >= 0.3 is 0 Å². The van der Waals surface area contributed by atoms with Crippen molar-refractivity contribution >= 4 is 112 Å². The monoisotopic (exact) mass is 889 g/mol. The molecular formula is C63H48BN3O2. The first kappa shape index (κ1) is 39.1. The Labute approximate surface area is 401 Å². The Hall–Kier alpha value is -7.96. The topological polar surface area (TPSA) is 36.0 Å². The minimum absolute atomic E-state index is 0.0305. The Bertz CT molecular complexity index is 3960. The maximum Gasteiger partial charge on any atom is 0.252 e. The molecule has 0 saturated heterocycles. The summed E-state index contributed by atoms with van der Waals surface area (Å²) in [6.45, 7) is 7.26. The number of anilines is 8. The van der Waals surface area contributed by atoms with Crippen LogP contribution in [-0.2, 0) is 5.41 Å². The van der Waals surface area contributed by atoms with Crippen molar-refractivity contribution < 1.29 is 8.83 Å². The van der Waals surface area contributed by atoms with Gasteiger partial charge in [-0.15, -0.1) is 0 Å². The molecule has 11 aromatic rings. The van der Waals surface area contributed by atoms with E-state index < -0.39 is 0 Å². The van der Waals surface area contributed by atoms with Crippen LogP contribution in [0.5, 0.6) is 0 Å². The summed E-state index contributed by atoms with van der Waals surface area (Å²) in [5, 5.41) is 4.45. The molecule has 1 aliphatic carbocycles. The summed E-state index contributed by atoms with van der Waals surface area (Å²) < 4.78 is 13.3. The molecule has 69 heavy (non-hydrogen) atoms. The third kappa shape index (κ3) is 5.21. The van der Waals surface area contributed by atoms with Gasteiger partial charge in [-0.3, -0.25) is 0 Å². The minimum Gasteiger partial charge on any atom is -0.456 e. The van der Waals surface area contributed by atoms with E-state index in [4.69, 9.17) is 8.83 Å². The van der Waals surface area contributed by atoms with E-state index >= 15 is 0 Å². The molecule has 1 fully saturated rings. The number of para-hydroxylation sites is 3. The lowest BCUT2D eigenvalue weighted by Crippen LogP contribution is -2.61. The first-order valence-corrected chi connectivity index (χ1v) is 24.7. The van der Waals surface area contributed by atoms with Crippen molar-refractivity contribution in [3.05, 3.63) is 199 Å². The third-order valence-electron chi connectivity index (χ3n) is 16.8. The lowest BCUT2D eigenvalue weighted by molar-refractivity contribution is 0.195. The Morgan fingerprint density at radius 1 is 0.449 bits per heavy atom. The van der Waals surface area contributed by atoms with Crippen LogP contribution in [0.2, 0.25) is 0 Å². The fraction of sp³-hybridized carbons (Fsp3) is 0.143. The van der Waals surface area contributed by atoms with Crippen LogP contribution in [-0.4, -0.2) is 12.3 Å². The number of furan rings is 2. The number of nitrogens with zero attached hydrogens (tertiary/aromatic N) is 3. The first-order valence-electron chi connectivity index (χ1n) is 24.7. The van der Waals surface area contributed by atoms with Gasteiger partial charge in [-0.05, 0) is 138 Å². The molecule has 0 spiro atoms. The molecule has 2 aromatic heterocycles. The SMILES string of the molecule is Cc1cc2c3c(c1)N(c1cccc4oc5ccccc5c14)c1cc(N4c5ccccc5C5(C)CCCCC45C)ccc1B3c1ccc(-c3ccccc3)cc1N2c1cccc2oc3ccccc3c12. The molecule has 1 saturated carbocycles. The summed E-state index contributed by atoms with van der Waals surface area (Å²) in [5.41, 5.74) is 21.9. The largest absolute Gasteiger partial charge is 0.456 e. The van der Waals surface area contributed by atoms with Crippen LogP contribution in [0.15, 0.2) is 197 Å². The van der Waals surface area contributed by atoms with Gasteiger partial charge in [0.15, 0.2) is 0 Å². The van der Waals surface area contributed by atoms with Crippen LogP contribution in [0.4, 0.5) is 45.5 Å². The zero-order chi connectivity index (χ0) is 45.8.